The van der Waals surface area contributed by atoms with Gasteiger partial charge in [0.25, 0.3) is 0 Å². The van der Waals surface area contributed by atoms with Crippen molar-refractivity contribution >= 4 is 0 Å². The summed E-state index contributed by atoms with van der Waals surface area (Å²) < 4.78 is 0. The molecule has 3 N–H and O–H groups in total. The third-order valence-electron chi connectivity index (χ3n) is 2.25. The van der Waals surface area contributed by atoms with Gasteiger partial charge in [0.15, 0.2) is 0 Å². The smallest absolute Gasteiger partial charge is 0.115 e. The molecule has 2 nitrogen and oxygen atoms in total. The van der Waals surface area contributed by atoms with Crippen molar-refractivity contribution in [1.82, 2.24) is 0 Å². The molecule has 0 aliphatic rings. The van der Waals surface area contributed by atoms with Gasteiger partial charge in [0, 0.05) is 6.04 Å². The molecule has 0 aliphatic carbocycles. The molecule has 0 spiro atoms. The molecule has 1 aromatic carbocycles. The maximum absolute atomic E-state index is 9.21. The molecule has 1 unspecified atom stereocenters. The van der Waals surface area contributed by atoms with Crippen LogP contribution >= 0.6 is 0 Å². The normalized spacial score (nSPS) is 12.8. The summed E-state index contributed by atoms with van der Waals surface area (Å²) in [5.74, 6) is 0.310. The zero-order valence-corrected chi connectivity index (χ0v) is 8.25. The van der Waals surface area contributed by atoms with Crippen molar-refractivity contribution in [3.05, 3.63) is 29.3 Å². The average Bonchev–Trinajstić information content (AvgIpc) is 2.04. The summed E-state index contributed by atoms with van der Waals surface area (Å²) in [6.07, 6.45) is 2.08. The second-order valence-electron chi connectivity index (χ2n) is 3.44. The van der Waals surface area contributed by atoms with Crippen molar-refractivity contribution in [2.24, 2.45) is 5.73 Å². The van der Waals surface area contributed by atoms with Crippen molar-refractivity contribution in [2.75, 3.05) is 0 Å². The van der Waals surface area contributed by atoms with E-state index in [9.17, 15) is 5.11 Å². The average molecular weight is 179 g/mol. The molecule has 0 fully saturated rings. The third kappa shape index (κ3) is 2.46. The minimum atomic E-state index is 0.102. The quantitative estimate of drug-likeness (QED) is 0.748. The molecule has 13 heavy (non-hydrogen) atoms. The van der Waals surface area contributed by atoms with Crippen molar-refractivity contribution in [3.63, 3.8) is 0 Å². The van der Waals surface area contributed by atoms with Gasteiger partial charge in [-0.3, -0.25) is 0 Å². The van der Waals surface area contributed by atoms with Gasteiger partial charge in [0.1, 0.15) is 5.75 Å². The van der Waals surface area contributed by atoms with Crippen LogP contribution in [0.4, 0.5) is 0 Å². The number of nitrogens with two attached hydrogens (primary N) is 1. The fourth-order valence-electron chi connectivity index (χ4n) is 1.54. The summed E-state index contributed by atoms with van der Waals surface area (Å²) in [4.78, 5) is 0. The van der Waals surface area contributed by atoms with E-state index in [1.807, 2.05) is 13.0 Å². The summed E-state index contributed by atoms with van der Waals surface area (Å²) in [7, 11) is 0. The van der Waals surface area contributed by atoms with E-state index in [1.165, 1.54) is 0 Å². The highest BCUT2D eigenvalue weighted by molar-refractivity contribution is 5.35. The molecule has 0 heterocycles. The monoisotopic (exact) mass is 179 g/mol. The van der Waals surface area contributed by atoms with Crippen LogP contribution in [-0.4, -0.2) is 5.11 Å². The molecule has 0 radical (unpaired) electrons. The first-order valence-corrected chi connectivity index (χ1v) is 4.70. The SMILES string of the molecule is CCCC(N)c1ccc(O)cc1C. The number of aryl methyl sites for hydroxylation is 1. The molecule has 0 saturated heterocycles. The van der Waals surface area contributed by atoms with Crippen molar-refractivity contribution < 1.29 is 5.11 Å². The van der Waals surface area contributed by atoms with Gasteiger partial charge in [-0.05, 0) is 36.6 Å². The largest absolute Gasteiger partial charge is 0.508 e. The molecule has 72 valence electrons. The summed E-state index contributed by atoms with van der Waals surface area (Å²) in [6, 6.07) is 5.46. The number of aromatic hydroxyl groups is 1. The van der Waals surface area contributed by atoms with E-state index >= 15 is 0 Å². The van der Waals surface area contributed by atoms with E-state index in [-0.39, 0.29) is 6.04 Å². The molecule has 0 bridgehead atoms. The van der Waals surface area contributed by atoms with Crippen LogP contribution in [0.15, 0.2) is 18.2 Å². The molecule has 0 amide bonds. The number of hydrogen-bond donors (Lipinski definition) is 2. The maximum Gasteiger partial charge on any atom is 0.115 e. The minimum Gasteiger partial charge on any atom is -0.508 e. The summed E-state index contributed by atoms with van der Waals surface area (Å²) in [6.45, 7) is 4.10. The lowest BCUT2D eigenvalue weighted by Gasteiger charge is -2.13. The number of benzene rings is 1. The zero-order valence-electron chi connectivity index (χ0n) is 8.25. The Bertz CT molecular complexity index is 283. The zero-order chi connectivity index (χ0) is 9.84. The Labute approximate surface area is 79.4 Å². The van der Waals surface area contributed by atoms with E-state index in [1.54, 1.807) is 12.1 Å². The van der Waals surface area contributed by atoms with Crippen LogP contribution in [0.5, 0.6) is 5.75 Å². The van der Waals surface area contributed by atoms with E-state index in [0.29, 0.717) is 5.75 Å². The maximum atomic E-state index is 9.21. The number of hydrogen-bond acceptors (Lipinski definition) is 2. The molecule has 1 aromatic rings. The number of phenols is 1. The molecule has 2 heteroatoms. The topological polar surface area (TPSA) is 46.2 Å². The Hall–Kier alpha value is -1.02. The van der Waals surface area contributed by atoms with E-state index < -0.39 is 0 Å². The van der Waals surface area contributed by atoms with Gasteiger partial charge in [-0.1, -0.05) is 19.4 Å². The fraction of sp³-hybridized carbons (Fsp3) is 0.455. The Morgan fingerprint density at radius 1 is 1.46 bits per heavy atom. The standard InChI is InChI=1S/C11H17NO/c1-3-4-11(12)10-6-5-9(13)7-8(10)2/h5-7,11,13H,3-4,12H2,1-2H3. The number of rotatable bonds is 3. The van der Waals surface area contributed by atoms with Crippen LogP contribution in [0.1, 0.15) is 36.9 Å². The summed E-state index contributed by atoms with van der Waals surface area (Å²) in [5, 5.41) is 9.21. The highest BCUT2D eigenvalue weighted by Crippen LogP contribution is 2.22. The molecular formula is C11H17NO. The van der Waals surface area contributed by atoms with Gasteiger partial charge in [-0.2, -0.15) is 0 Å². The summed E-state index contributed by atoms with van der Waals surface area (Å²) >= 11 is 0. The lowest BCUT2D eigenvalue weighted by molar-refractivity contribution is 0.474. The minimum absolute atomic E-state index is 0.102. The molecule has 0 aliphatic heterocycles. The Kier molecular flexibility index (Phi) is 3.32. The first kappa shape index (κ1) is 10.1. The highest BCUT2D eigenvalue weighted by atomic mass is 16.3. The molecule has 0 saturated carbocycles. The van der Waals surface area contributed by atoms with Crippen molar-refractivity contribution in [1.29, 1.82) is 0 Å². The van der Waals surface area contributed by atoms with Crippen LogP contribution in [-0.2, 0) is 0 Å². The Morgan fingerprint density at radius 3 is 2.69 bits per heavy atom. The van der Waals surface area contributed by atoms with Gasteiger partial charge in [0.2, 0.25) is 0 Å². The number of phenolic OH excluding ortho intramolecular Hbond substituents is 1. The predicted molar refractivity (Wildman–Crippen MR) is 54.7 cm³/mol. The van der Waals surface area contributed by atoms with Crippen LogP contribution in [0, 0.1) is 6.92 Å². The fourth-order valence-corrected chi connectivity index (χ4v) is 1.54. The van der Waals surface area contributed by atoms with Gasteiger partial charge in [-0.15, -0.1) is 0 Å². The van der Waals surface area contributed by atoms with Crippen LogP contribution < -0.4 is 5.73 Å². The third-order valence-corrected chi connectivity index (χ3v) is 2.25. The molecule has 1 rings (SSSR count). The molecule has 0 aromatic heterocycles. The summed E-state index contributed by atoms with van der Waals surface area (Å²) in [5.41, 5.74) is 8.18. The first-order chi connectivity index (χ1) is 6.15. The van der Waals surface area contributed by atoms with E-state index in [2.05, 4.69) is 6.92 Å². The van der Waals surface area contributed by atoms with Crippen molar-refractivity contribution in [2.45, 2.75) is 32.7 Å². The van der Waals surface area contributed by atoms with Gasteiger partial charge < -0.3 is 10.8 Å². The van der Waals surface area contributed by atoms with E-state index in [0.717, 1.165) is 24.0 Å². The lowest BCUT2D eigenvalue weighted by atomic mass is 9.98. The second-order valence-corrected chi connectivity index (χ2v) is 3.44. The van der Waals surface area contributed by atoms with Gasteiger partial charge in [-0.25, -0.2) is 0 Å². The van der Waals surface area contributed by atoms with E-state index in [4.69, 9.17) is 5.73 Å². The molecular weight excluding hydrogens is 162 g/mol. The Morgan fingerprint density at radius 2 is 2.15 bits per heavy atom. The highest BCUT2D eigenvalue weighted by Gasteiger charge is 2.07. The van der Waals surface area contributed by atoms with Gasteiger partial charge in [0.05, 0.1) is 0 Å². The first-order valence-electron chi connectivity index (χ1n) is 4.70. The molecule has 1 atom stereocenters. The van der Waals surface area contributed by atoms with Crippen LogP contribution in [0.25, 0.3) is 0 Å². The van der Waals surface area contributed by atoms with Crippen molar-refractivity contribution in [3.8, 4) is 5.75 Å². The van der Waals surface area contributed by atoms with Gasteiger partial charge >= 0.3 is 0 Å². The van der Waals surface area contributed by atoms with Crippen LogP contribution in [0.3, 0.4) is 0 Å². The second kappa shape index (κ2) is 4.28. The lowest BCUT2D eigenvalue weighted by Crippen LogP contribution is -2.10. The van der Waals surface area contributed by atoms with Crippen LogP contribution in [0.2, 0.25) is 0 Å². The predicted octanol–water partition coefficient (Wildman–Crippen LogP) is 2.50. The Balaban J connectivity index is 2.88.